The molecule has 33 heavy (non-hydrogen) atoms. The molecule has 4 aromatic heterocycles. The highest BCUT2D eigenvalue weighted by Gasteiger charge is 2.26. The van der Waals surface area contributed by atoms with Crippen LogP contribution >= 0.6 is 11.3 Å². The second kappa shape index (κ2) is 8.43. The number of rotatable bonds is 3. The number of hydrogen-bond acceptors (Lipinski definition) is 8. The zero-order valence-corrected chi connectivity index (χ0v) is 19.6. The van der Waals surface area contributed by atoms with Crippen LogP contribution in [0, 0.1) is 0 Å². The Balaban J connectivity index is 1.36. The van der Waals surface area contributed by atoms with Crippen molar-refractivity contribution in [1.29, 1.82) is 0 Å². The summed E-state index contributed by atoms with van der Waals surface area (Å²) in [7, 11) is 0. The van der Waals surface area contributed by atoms with Crippen molar-refractivity contribution < 1.29 is 9.53 Å². The molecule has 0 atom stereocenters. The third-order valence-electron chi connectivity index (χ3n) is 5.33. The fourth-order valence-electron chi connectivity index (χ4n) is 3.73. The first-order chi connectivity index (χ1) is 15.9. The predicted octanol–water partition coefficient (Wildman–Crippen LogP) is 4.00. The van der Waals surface area contributed by atoms with E-state index in [1.807, 2.05) is 62.1 Å². The summed E-state index contributed by atoms with van der Waals surface area (Å²) in [5, 5.41) is 5.50. The molecule has 9 nitrogen and oxygen atoms in total. The van der Waals surface area contributed by atoms with Crippen LogP contribution in [0.4, 0.5) is 10.6 Å². The lowest BCUT2D eigenvalue weighted by atomic mass is 10.2. The fraction of sp³-hybridized carbons (Fsp3) is 0.348. The number of hydrogen-bond donors (Lipinski definition) is 0. The van der Waals surface area contributed by atoms with Gasteiger partial charge in [0.25, 0.3) is 0 Å². The molecule has 5 heterocycles. The molecule has 0 aromatic carbocycles. The van der Waals surface area contributed by atoms with Crippen LogP contribution < -0.4 is 4.90 Å². The largest absolute Gasteiger partial charge is 0.444 e. The smallest absolute Gasteiger partial charge is 0.410 e. The fourth-order valence-corrected chi connectivity index (χ4v) is 4.32. The minimum atomic E-state index is -0.494. The van der Waals surface area contributed by atoms with Crippen molar-refractivity contribution in [3.05, 3.63) is 48.4 Å². The highest BCUT2D eigenvalue weighted by atomic mass is 32.1. The Labute approximate surface area is 195 Å². The van der Waals surface area contributed by atoms with E-state index in [1.165, 1.54) is 0 Å². The summed E-state index contributed by atoms with van der Waals surface area (Å²) in [6.07, 6.45) is 5.17. The summed E-state index contributed by atoms with van der Waals surface area (Å²) in [4.78, 5) is 30.9. The van der Waals surface area contributed by atoms with Gasteiger partial charge in [-0.3, -0.25) is 9.97 Å². The minimum absolute atomic E-state index is 0.266. The number of carbonyl (C=O) groups is 1. The second-order valence-corrected chi connectivity index (χ2v) is 9.75. The summed E-state index contributed by atoms with van der Waals surface area (Å²) in [5.74, 6) is 1.59. The van der Waals surface area contributed by atoms with Crippen molar-refractivity contribution in [2.24, 2.45) is 0 Å². The van der Waals surface area contributed by atoms with E-state index in [0.717, 1.165) is 33.1 Å². The molecule has 1 aliphatic heterocycles. The maximum absolute atomic E-state index is 12.4. The van der Waals surface area contributed by atoms with E-state index < -0.39 is 5.60 Å². The number of amides is 1. The van der Waals surface area contributed by atoms with E-state index in [4.69, 9.17) is 9.72 Å². The summed E-state index contributed by atoms with van der Waals surface area (Å²) >= 11 is 1.55. The average Bonchev–Trinajstić information content (AvgIpc) is 3.48. The molecule has 0 aliphatic carbocycles. The van der Waals surface area contributed by atoms with Crippen molar-refractivity contribution >= 4 is 34.2 Å². The van der Waals surface area contributed by atoms with Gasteiger partial charge in [-0.25, -0.2) is 14.5 Å². The zero-order chi connectivity index (χ0) is 23.0. The number of aromatic nitrogens is 5. The molecule has 4 aromatic rings. The van der Waals surface area contributed by atoms with E-state index >= 15 is 0 Å². The molecule has 0 unspecified atom stereocenters. The number of thiazole rings is 1. The van der Waals surface area contributed by atoms with E-state index in [1.54, 1.807) is 27.9 Å². The molecule has 10 heteroatoms. The van der Waals surface area contributed by atoms with Gasteiger partial charge in [0.1, 0.15) is 11.4 Å². The molecular formula is C23H25N7O2S. The molecule has 1 fully saturated rings. The van der Waals surface area contributed by atoms with Crippen LogP contribution in [0.2, 0.25) is 0 Å². The van der Waals surface area contributed by atoms with Crippen LogP contribution in [0.25, 0.3) is 27.3 Å². The predicted molar refractivity (Wildman–Crippen MR) is 128 cm³/mol. The maximum Gasteiger partial charge on any atom is 0.410 e. The third-order valence-corrected chi connectivity index (χ3v) is 6.12. The Morgan fingerprint density at radius 2 is 1.85 bits per heavy atom. The highest BCUT2D eigenvalue weighted by molar-refractivity contribution is 7.13. The number of carbonyl (C=O) groups excluding carboxylic acids is 1. The van der Waals surface area contributed by atoms with Gasteiger partial charge >= 0.3 is 6.09 Å². The van der Waals surface area contributed by atoms with Gasteiger partial charge in [-0.15, -0.1) is 11.3 Å². The third kappa shape index (κ3) is 4.51. The number of piperazine rings is 1. The molecule has 1 aliphatic rings. The zero-order valence-electron chi connectivity index (χ0n) is 18.8. The molecule has 0 N–H and O–H groups in total. The maximum atomic E-state index is 12.4. The van der Waals surface area contributed by atoms with Gasteiger partial charge in [0.15, 0.2) is 5.82 Å². The first-order valence-corrected chi connectivity index (χ1v) is 11.7. The Hall–Kier alpha value is -3.53. The molecule has 5 rings (SSSR count). The molecule has 170 valence electrons. The Kier molecular flexibility index (Phi) is 5.45. The van der Waals surface area contributed by atoms with E-state index in [0.29, 0.717) is 26.2 Å². The van der Waals surface area contributed by atoms with Crippen LogP contribution in [0.15, 0.2) is 48.4 Å². The van der Waals surface area contributed by atoms with Crippen molar-refractivity contribution in [2.75, 3.05) is 31.1 Å². The van der Waals surface area contributed by atoms with Gasteiger partial charge in [0, 0.05) is 44.0 Å². The Morgan fingerprint density at radius 3 is 2.58 bits per heavy atom. The van der Waals surface area contributed by atoms with Crippen molar-refractivity contribution in [2.45, 2.75) is 26.4 Å². The van der Waals surface area contributed by atoms with Crippen molar-refractivity contribution in [1.82, 2.24) is 29.6 Å². The highest BCUT2D eigenvalue weighted by Crippen LogP contribution is 2.26. The van der Waals surface area contributed by atoms with Gasteiger partial charge in [-0.1, -0.05) is 6.07 Å². The second-order valence-electron chi connectivity index (χ2n) is 8.86. The van der Waals surface area contributed by atoms with E-state index in [-0.39, 0.29) is 6.09 Å². The van der Waals surface area contributed by atoms with E-state index in [9.17, 15) is 4.79 Å². The van der Waals surface area contributed by atoms with Crippen LogP contribution in [-0.2, 0) is 4.74 Å². The van der Waals surface area contributed by atoms with Gasteiger partial charge in [-0.2, -0.15) is 5.10 Å². The van der Waals surface area contributed by atoms with Gasteiger partial charge in [0.05, 0.1) is 27.8 Å². The summed E-state index contributed by atoms with van der Waals surface area (Å²) in [6, 6.07) is 7.93. The normalized spacial score (nSPS) is 14.6. The van der Waals surface area contributed by atoms with E-state index in [2.05, 4.69) is 20.0 Å². The van der Waals surface area contributed by atoms with Gasteiger partial charge in [-0.05, 0) is 39.0 Å². The Bertz CT molecular complexity index is 1270. The van der Waals surface area contributed by atoms with Crippen molar-refractivity contribution in [3.8, 4) is 16.4 Å². The SMILES string of the molecule is CC(C)(C)OC(=O)N1CCN(c2cccc(-n3ncc4cnc(-c5cncs5)cc43)n2)CC1. The van der Waals surface area contributed by atoms with Gasteiger partial charge in [0.2, 0.25) is 0 Å². The number of anilines is 1. The van der Waals surface area contributed by atoms with Crippen LogP contribution in [0.3, 0.4) is 0 Å². The summed E-state index contributed by atoms with van der Waals surface area (Å²) < 4.78 is 7.33. The standard InChI is InChI=1S/C23H25N7O2S/c1-23(2,3)32-22(31)29-9-7-28(8-10-29)20-5-4-6-21(27-20)30-18-11-17(19-14-24-15-33-19)25-12-16(18)13-26-30/h4-6,11-15H,7-10H2,1-3H3. The molecular weight excluding hydrogens is 438 g/mol. The van der Waals surface area contributed by atoms with Crippen LogP contribution in [-0.4, -0.2) is 67.5 Å². The molecule has 0 radical (unpaired) electrons. The monoisotopic (exact) mass is 463 g/mol. The summed E-state index contributed by atoms with van der Waals surface area (Å²) in [5.41, 5.74) is 3.10. The minimum Gasteiger partial charge on any atom is -0.444 e. The quantitative estimate of drug-likeness (QED) is 0.454. The van der Waals surface area contributed by atoms with Crippen LogP contribution in [0.1, 0.15) is 20.8 Å². The lowest BCUT2D eigenvalue weighted by molar-refractivity contribution is 0.0240. The van der Waals surface area contributed by atoms with Crippen LogP contribution in [0.5, 0.6) is 0 Å². The first-order valence-electron chi connectivity index (χ1n) is 10.8. The number of ether oxygens (including phenoxy) is 1. The molecule has 0 bridgehead atoms. The first kappa shape index (κ1) is 21.3. The molecule has 0 spiro atoms. The number of nitrogens with zero attached hydrogens (tertiary/aromatic N) is 7. The molecule has 1 amide bonds. The lowest BCUT2D eigenvalue weighted by Crippen LogP contribution is -2.50. The lowest BCUT2D eigenvalue weighted by Gasteiger charge is -2.36. The molecule has 1 saturated heterocycles. The number of fused-ring (bicyclic) bond motifs is 1. The van der Waals surface area contributed by atoms with Crippen molar-refractivity contribution in [3.63, 3.8) is 0 Å². The van der Waals surface area contributed by atoms with Gasteiger partial charge < -0.3 is 14.5 Å². The number of pyridine rings is 2. The average molecular weight is 464 g/mol. The molecule has 0 saturated carbocycles. The Morgan fingerprint density at radius 1 is 1.06 bits per heavy atom. The summed E-state index contributed by atoms with van der Waals surface area (Å²) in [6.45, 7) is 8.21. The topological polar surface area (TPSA) is 89.3 Å².